The van der Waals surface area contributed by atoms with E-state index in [-0.39, 0.29) is 29.1 Å². The topological polar surface area (TPSA) is 107 Å². The van der Waals surface area contributed by atoms with E-state index in [0.29, 0.717) is 35.7 Å². The zero-order valence-corrected chi connectivity index (χ0v) is 21.6. The van der Waals surface area contributed by atoms with Crippen molar-refractivity contribution in [3.05, 3.63) is 53.3 Å². The molecule has 0 unspecified atom stereocenters. The Kier molecular flexibility index (Phi) is 8.11. The second-order valence-electron chi connectivity index (χ2n) is 9.55. The molecule has 1 aromatic heterocycles. The van der Waals surface area contributed by atoms with Gasteiger partial charge in [-0.25, -0.2) is 0 Å². The number of aromatic hydroxyl groups is 2. The average molecular weight is 503 g/mol. The van der Waals surface area contributed by atoms with Gasteiger partial charge < -0.3 is 15.5 Å². The van der Waals surface area contributed by atoms with Crippen LogP contribution in [0.1, 0.15) is 48.4 Å². The number of carbonyl (C=O) groups is 1. The number of hydrogen-bond acceptors (Lipinski definition) is 7. The first-order valence-corrected chi connectivity index (χ1v) is 12.6. The van der Waals surface area contributed by atoms with Gasteiger partial charge in [0, 0.05) is 51.0 Å². The molecule has 0 bridgehead atoms. The van der Waals surface area contributed by atoms with Gasteiger partial charge in [0.15, 0.2) is 5.82 Å². The summed E-state index contributed by atoms with van der Waals surface area (Å²) in [6.07, 6.45) is 5.43. The number of carbonyl (C=O) groups excluding carboxylic acids is 1. The van der Waals surface area contributed by atoms with Crippen molar-refractivity contribution >= 4 is 5.91 Å². The number of nitrogens with one attached hydrogen (secondary N) is 1. The molecule has 3 aromatic rings. The van der Waals surface area contributed by atoms with Gasteiger partial charge in [-0.2, -0.15) is 0 Å². The number of piperazine rings is 1. The monoisotopic (exact) mass is 502 g/mol. The summed E-state index contributed by atoms with van der Waals surface area (Å²) in [5, 5.41) is 32.2. The predicted octanol–water partition coefficient (Wildman–Crippen LogP) is 2.97. The Morgan fingerprint density at radius 3 is 2.35 bits per heavy atom. The molecule has 1 aliphatic heterocycles. The molecule has 0 radical (unpaired) electrons. The Morgan fingerprint density at radius 2 is 1.73 bits per heavy atom. The smallest absolute Gasteiger partial charge is 0.289 e. The summed E-state index contributed by atoms with van der Waals surface area (Å²) in [5.41, 5.74) is 2.90. The lowest BCUT2D eigenvalue weighted by Gasteiger charge is -2.33. The van der Waals surface area contributed by atoms with Crippen molar-refractivity contribution in [1.29, 1.82) is 0 Å². The number of aromatic nitrogens is 3. The van der Waals surface area contributed by atoms with E-state index in [4.69, 9.17) is 6.42 Å². The number of rotatable bonds is 8. The average Bonchev–Trinajstić information content (AvgIpc) is 3.31. The zero-order chi connectivity index (χ0) is 26.5. The first-order valence-electron chi connectivity index (χ1n) is 12.6. The number of terminal acetylenes is 1. The van der Waals surface area contributed by atoms with Gasteiger partial charge in [-0.3, -0.25) is 19.2 Å². The summed E-state index contributed by atoms with van der Waals surface area (Å²) in [6.45, 7) is 11.5. The molecule has 1 aliphatic rings. The van der Waals surface area contributed by atoms with Gasteiger partial charge in [-0.1, -0.05) is 31.9 Å². The fourth-order valence-electron chi connectivity index (χ4n) is 4.57. The van der Waals surface area contributed by atoms with E-state index >= 15 is 0 Å². The maximum Gasteiger partial charge on any atom is 0.289 e. The summed E-state index contributed by atoms with van der Waals surface area (Å²) in [4.78, 5) is 17.5. The lowest BCUT2D eigenvalue weighted by Crippen LogP contribution is -2.45. The van der Waals surface area contributed by atoms with E-state index in [1.165, 1.54) is 6.07 Å². The standard InChI is InChI=1S/C28H34N6O3/c1-5-11-32-12-14-33(15-13-32)18-20-7-9-21(10-8-20)34-26(30-31-27(34)28(37)29-6-2)23-16-22(19(3)4)24(35)17-25(23)36/h1,7-10,16-17,19,35-36H,6,11-15,18H2,2-4H3,(H,29,37). The van der Waals surface area contributed by atoms with Crippen molar-refractivity contribution in [2.24, 2.45) is 0 Å². The molecule has 2 aromatic carbocycles. The second-order valence-corrected chi connectivity index (χ2v) is 9.55. The van der Waals surface area contributed by atoms with E-state index in [0.717, 1.165) is 38.3 Å². The van der Waals surface area contributed by atoms with Gasteiger partial charge in [0.2, 0.25) is 5.82 Å². The van der Waals surface area contributed by atoms with Gasteiger partial charge in [-0.05, 0) is 42.2 Å². The normalized spacial score (nSPS) is 14.6. The van der Waals surface area contributed by atoms with Crippen molar-refractivity contribution in [2.45, 2.75) is 33.2 Å². The van der Waals surface area contributed by atoms with Crippen LogP contribution in [0.15, 0.2) is 36.4 Å². The third kappa shape index (κ3) is 5.77. The Bertz CT molecular complexity index is 1280. The molecule has 1 amide bonds. The van der Waals surface area contributed by atoms with Crippen molar-refractivity contribution < 1.29 is 15.0 Å². The highest BCUT2D eigenvalue weighted by atomic mass is 16.3. The summed E-state index contributed by atoms with van der Waals surface area (Å²) in [5.74, 6) is 2.67. The van der Waals surface area contributed by atoms with Crippen LogP contribution in [0.3, 0.4) is 0 Å². The van der Waals surface area contributed by atoms with Crippen LogP contribution in [0, 0.1) is 12.3 Å². The van der Waals surface area contributed by atoms with Crippen LogP contribution in [0.2, 0.25) is 0 Å². The van der Waals surface area contributed by atoms with Crippen LogP contribution in [0.25, 0.3) is 17.1 Å². The molecule has 37 heavy (non-hydrogen) atoms. The SMILES string of the molecule is C#CCN1CCN(Cc2ccc(-n3c(C(=O)NCC)nnc3-c3cc(C(C)C)c(O)cc3O)cc2)CC1. The third-order valence-electron chi connectivity index (χ3n) is 6.59. The second kappa shape index (κ2) is 11.5. The van der Waals surface area contributed by atoms with Gasteiger partial charge >= 0.3 is 0 Å². The third-order valence-corrected chi connectivity index (χ3v) is 6.59. The van der Waals surface area contributed by atoms with Gasteiger partial charge in [0.05, 0.1) is 12.1 Å². The van der Waals surface area contributed by atoms with Crippen LogP contribution in [0.4, 0.5) is 0 Å². The van der Waals surface area contributed by atoms with E-state index < -0.39 is 0 Å². The van der Waals surface area contributed by atoms with Crippen LogP contribution < -0.4 is 5.32 Å². The summed E-state index contributed by atoms with van der Waals surface area (Å²) in [7, 11) is 0. The molecule has 1 saturated heterocycles. The molecule has 4 rings (SSSR count). The number of benzene rings is 2. The minimum absolute atomic E-state index is 0.00995. The predicted molar refractivity (Wildman–Crippen MR) is 143 cm³/mol. The molecule has 0 spiro atoms. The summed E-state index contributed by atoms with van der Waals surface area (Å²) in [6, 6.07) is 10.9. The molecule has 9 nitrogen and oxygen atoms in total. The molecule has 1 fully saturated rings. The number of phenolic OH excluding ortho intramolecular Hbond substituents is 2. The fraction of sp³-hybridized carbons (Fsp3) is 0.393. The lowest BCUT2D eigenvalue weighted by atomic mass is 9.98. The number of phenols is 2. The molecule has 2 heterocycles. The minimum atomic E-state index is -0.363. The Hall–Kier alpha value is -3.87. The van der Waals surface area contributed by atoms with E-state index in [1.54, 1.807) is 10.6 Å². The molecule has 194 valence electrons. The quantitative estimate of drug-likeness (QED) is 0.407. The van der Waals surface area contributed by atoms with E-state index in [1.807, 2.05) is 45.0 Å². The van der Waals surface area contributed by atoms with Gasteiger partial charge in [-0.15, -0.1) is 16.6 Å². The van der Waals surface area contributed by atoms with Crippen LogP contribution in [-0.2, 0) is 6.54 Å². The first-order chi connectivity index (χ1) is 17.8. The van der Waals surface area contributed by atoms with Crippen LogP contribution in [0.5, 0.6) is 11.5 Å². The Morgan fingerprint density at radius 1 is 1.05 bits per heavy atom. The maximum absolute atomic E-state index is 12.8. The zero-order valence-electron chi connectivity index (χ0n) is 21.6. The summed E-state index contributed by atoms with van der Waals surface area (Å²) >= 11 is 0. The van der Waals surface area contributed by atoms with Crippen molar-refractivity contribution in [1.82, 2.24) is 29.9 Å². The first kappa shape index (κ1) is 26.2. The molecular formula is C28H34N6O3. The molecule has 0 saturated carbocycles. The van der Waals surface area contributed by atoms with Crippen molar-refractivity contribution in [3.8, 4) is 40.9 Å². The number of hydrogen-bond donors (Lipinski definition) is 3. The van der Waals surface area contributed by atoms with Gasteiger partial charge in [0.1, 0.15) is 11.5 Å². The number of amides is 1. The highest BCUT2D eigenvalue weighted by molar-refractivity contribution is 5.92. The lowest BCUT2D eigenvalue weighted by molar-refractivity contribution is 0.0943. The van der Waals surface area contributed by atoms with Crippen molar-refractivity contribution in [3.63, 3.8) is 0 Å². The van der Waals surface area contributed by atoms with Crippen molar-refractivity contribution in [2.75, 3.05) is 39.3 Å². The number of nitrogens with zero attached hydrogens (tertiary/aromatic N) is 5. The highest BCUT2D eigenvalue weighted by Gasteiger charge is 2.24. The molecule has 3 N–H and O–H groups in total. The van der Waals surface area contributed by atoms with E-state index in [2.05, 4.69) is 31.2 Å². The largest absolute Gasteiger partial charge is 0.508 e. The van der Waals surface area contributed by atoms with Crippen LogP contribution in [-0.4, -0.2) is 80.0 Å². The summed E-state index contributed by atoms with van der Waals surface area (Å²) < 4.78 is 1.64. The molecule has 9 heteroatoms. The Labute approximate surface area is 217 Å². The fourth-order valence-corrected chi connectivity index (χ4v) is 4.57. The minimum Gasteiger partial charge on any atom is -0.508 e. The highest BCUT2D eigenvalue weighted by Crippen LogP contribution is 2.38. The van der Waals surface area contributed by atoms with E-state index in [9.17, 15) is 15.0 Å². The molecule has 0 atom stereocenters. The molecular weight excluding hydrogens is 468 g/mol. The Balaban J connectivity index is 1.66. The van der Waals surface area contributed by atoms with Crippen LogP contribution >= 0.6 is 0 Å². The maximum atomic E-state index is 12.8. The molecule has 0 aliphatic carbocycles. The van der Waals surface area contributed by atoms with Gasteiger partial charge in [0.25, 0.3) is 5.91 Å².